The van der Waals surface area contributed by atoms with E-state index in [2.05, 4.69) is 19.1 Å². The van der Waals surface area contributed by atoms with Crippen LogP contribution in [-0.2, 0) is 17.5 Å². The van der Waals surface area contributed by atoms with Crippen LogP contribution in [0.5, 0.6) is 0 Å². The Morgan fingerprint density at radius 1 is 0.909 bits per heavy atom. The molecule has 0 heterocycles. The van der Waals surface area contributed by atoms with E-state index < -0.39 is 11.1 Å². The fourth-order valence-corrected chi connectivity index (χ4v) is 3.37. The summed E-state index contributed by atoms with van der Waals surface area (Å²) in [5.74, 6) is 0. The third-order valence-electron chi connectivity index (χ3n) is 3.96. The van der Waals surface area contributed by atoms with E-state index in [0.717, 1.165) is 17.2 Å². The first-order valence-electron chi connectivity index (χ1n) is 7.85. The Balaban J connectivity index is 0.00000242. The molecule has 2 aromatic carbocycles. The van der Waals surface area contributed by atoms with Gasteiger partial charge in [0.15, 0.2) is 11.1 Å². The van der Waals surface area contributed by atoms with Gasteiger partial charge in [-0.2, -0.15) is 0 Å². The molecule has 0 amide bonds. The van der Waals surface area contributed by atoms with Gasteiger partial charge in [-0.1, -0.05) is 69.4 Å². The number of fused-ring (bicyclic) bond motifs is 1. The predicted molar refractivity (Wildman–Crippen MR) is 97.2 cm³/mol. The summed E-state index contributed by atoms with van der Waals surface area (Å²) in [7, 11) is 0. The molecule has 0 saturated carbocycles. The van der Waals surface area contributed by atoms with Crippen molar-refractivity contribution in [2.45, 2.75) is 56.8 Å². The summed E-state index contributed by atoms with van der Waals surface area (Å²) >= 11 is -1.92. The summed E-state index contributed by atoms with van der Waals surface area (Å²) in [6.45, 7) is 2.23. The van der Waals surface area contributed by atoms with Gasteiger partial charge in [-0.15, -0.1) is 0 Å². The third kappa shape index (κ3) is 5.47. The summed E-state index contributed by atoms with van der Waals surface area (Å²) in [6.07, 6.45) is 8.76. The minimum absolute atomic E-state index is 0. The number of rotatable bonds is 8. The summed E-state index contributed by atoms with van der Waals surface area (Å²) < 4.78 is 20.8. The van der Waals surface area contributed by atoms with Gasteiger partial charge in [0.25, 0.3) is 0 Å². The maximum absolute atomic E-state index is 11.4. The van der Waals surface area contributed by atoms with Crippen molar-refractivity contribution in [3.8, 4) is 0 Å². The van der Waals surface area contributed by atoms with E-state index in [9.17, 15) is 8.76 Å². The van der Waals surface area contributed by atoms with E-state index >= 15 is 0 Å². The quantitative estimate of drug-likeness (QED) is 0.434. The molecule has 1 N–H and O–H groups in total. The van der Waals surface area contributed by atoms with Crippen molar-refractivity contribution in [1.29, 1.82) is 0 Å². The monoisotopic (exact) mass is 328 g/mol. The van der Waals surface area contributed by atoms with Crippen LogP contribution in [0.1, 0.15) is 51.0 Å². The van der Waals surface area contributed by atoms with Crippen molar-refractivity contribution in [2.24, 2.45) is 0 Å². The Kier molecular flexibility index (Phi) is 9.53. The zero-order chi connectivity index (χ0) is 15.1. The zero-order valence-corrected chi connectivity index (χ0v) is 13.5. The molecule has 0 saturated heterocycles. The molecule has 22 heavy (non-hydrogen) atoms. The first kappa shape index (κ1) is 19.9. The fraction of sp³-hybridized carbons (Fsp3) is 0.444. The average Bonchev–Trinajstić information content (AvgIpc) is 2.50. The van der Waals surface area contributed by atoms with E-state index in [-0.39, 0.29) is 29.6 Å². The van der Waals surface area contributed by atoms with Gasteiger partial charge in [0.2, 0.25) is 0 Å². The summed E-state index contributed by atoms with van der Waals surface area (Å²) in [5.41, 5.74) is 1.29. The second-order valence-electron chi connectivity index (χ2n) is 5.54. The number of hydrogen-bond donors (Lipinski definition) is 1. The Hall–Kier alpha value is -0.190. The van der Waals surface area contributed by atoms with Gasteiger partial charge < -0.3 is 4.55 Å². The third-order valence-corrected chi connectivity index (χ3v) is 4.69. The van der Waals surface area contributed by atoms with Gasteiger partial charge in [-0.3, -0.25) is 0 Å². The Labute approximate surface area is 158 Å². The van der Waals surface area contributed by atoms with Crippen LogP contribution in [0, 0.1) is 0 Å². The van der Waals surface area contributed by atoms with Crippen LogP contribution in [0.2, 0.25) is 0 Å². The summed E-state index contributed by atoms with van der Waals surface area (Å²) in [6, 6.07) is 11.7. The molecule has 0 bridgehead atoms. The van der Waals surface area contributed by atoms with Crippen LogP contribution in [-0.4, -0.2) is 38.3 Å². The molecule has 2 nitrogen and oxygen atoms in total. The standard InChI is InChI=1S/C18H24O2S.Na.H/c1-2-3-4-5-6-7-10-15-11-8-13-17-16(15)12-9-14-18(17)21(19)20;;/h8-9,11-14H,2-7,10H2,1H3,(H,19,20);;. The Bertz CT molecular complexity index is 613. The molecule has 0 radical (unpaired) electrons. The van der Waals surface area contributed by atoms with Crippen LogP contribution < -0.4 is 0 Å². The number of unbranched alkanes of at least 4 members (excludes halogenated alkanes) is 5. The van der Waals surface area contributed by atoms with Crippen LogP contribution in [0.25, 0.3) is 10.8 Å². The molecule has 0 fully saturated rings. The van der Waals surface area contributed by atoms with Crippen LogP contribution >= 0.6 is 0 Å². The fourth-order valence-electron chi connectivity index (χ4n) is 2.81. The summed E-state index contributed by atoms with van der Waals surface area (Å²) in [5, 5.41) is 2.02. The second-order valence-corrected chi connectivity index (χ2v) is 6.47. The molecule has 0 aliphatic heterocycles. The molecule has 2 aromatic rings. The van der Waals surface area contributed by atoms with Gasteiger partial charge in [0.05, 0.1) is 4.90 Å². The summed E-state index contributed by atoms with van der Waals surface area (Å²) in [4.78, 5) is 0.511. The number of benzene rings is 2. The van der Waals surface area contributed by atoms with E-state index in [0.29, 0.717) is 4.90 Å². The van der Waals surface area contributed by atoms with Crippen molar-refractivity contribution in [1.82, 2.24) is 0 Å². The molecule has 0 aliphatic rings. The maximum atomic E-state index is 11.4. The van der Waals surface area contributed by atoms with Crippen LogP contribution in [0.3, 0.4) is 0 Å². The first-order valence-corrected chi connectivity index (χ1v) is 8.96. The van der Waals surface area contributed by atoms with E-state index in [1.165, 1.54) is 44.1 Å². The topological polar surface area (TPSA) is 37.3 Å². The normalized spacial score (nSPS) is 12.1. The van der Waals surface area contributed by atoms with Crippen LogP contribution in [0.4, 0.5) is 0 Å². The van der Waals surface area contributed by atoms with Crippen molar-refractivity contribution in [3.63, 3.8) is 0 Å². The SMILES string of the molecule is CCCCCCCCc1cccc2c(S(=O)O)cccc12.[NaH]. The van der Waals surface area contributed by atoms with Gasteiger partial charge in [0, 0.05) is 5.39 Å². The average molecular weight is 328 g/mol. The van der Waals surface area contributed by atoms with E-state index in [1.807, 2.05) is 18.2 Å². The predicted octanol–water partition coefficient (Wildman–Crippen LogP) is 4.67. The second kappa shape index (κ2) is 10.6. The van der Waals surface area contributed by atoms with Crippen molar-refractivity contribution < 1.29 is 8.76 Å². The molecule has 1 unspecified atom stereocenters. The molecule has 2 rings (SSSR count). The molecule has 0 aromatic heterocycles. The van der Waals surface area contributed by atoms with Gasteiger partial charge in [0.1, 0.15) is 0 Å². The first-order chi connectivity index (χ1) is 10.2. The van der Waals surface area contributed by atoms with Crippen LogP contribution in [0.15, 0.2) is 41.3 Å². The van der Waals surface area contributed by atoms with E-state index in [1.54, 1.807) is 6.07 Å². The molecular formula is C18H25NaO2S. The van der Waals surface area contributed by atoms with Crippen molar-refractivity contribution in [2.75, 3.05) is 0 Å². The Morgan fingerprint density at radius 2 is 1.55 bits per heavy atom. The molecular weight excluding hydrogens is 303 g/mol. The molecule has 1 atom stereocenters. The van der Waals surface area contributed by atoms with Gasteiger partial charge >= 0.3 is 29.6 Å². The number of hydrogen-bond acceptors (Lipinski definition) is 1. The molecule has 4 heteroatoms. The van der Waals surface area contributed by atoms with Gasteiger partial charge in [-0.05, 0) is 29.9 Å². The molecule has 116 valence electrons. The van der Waals surface area contributed by atoms with Crippen molar-refractivity contribution >= 4 is 51.4 Å². The molecule has 0 aliphatic carbocycles. The molecule has 0 spiro atoms. The van der Waals surface area contributed by atoms with Gasteiger partial charge in [-0.25, -0.2) is 4.21 Å². The number of aryl methyl sites for hydroxylation is 1. The van der Waals surface area contributed by atoms with E-state index in [4.69, 9.17) is 0 Å². The minimum atomic E-state index is -1.92. The Morgan fingerprint density at radius 3 is 2.27 bits per heavy atom. The zero-order valence-electron chi connectivity index (χ0n) is 12.7. The van der Waals surface area contributed by atoms with Crippen molar-refractivity contribution in [3.05, 3.63) is 42.0 Å².